The van der Waals surface area contributed by atoms with E-state index in [1.54, 1.807) is 11.3 Å². The minimum absolute atomic E-state index is 0.0677. The fourth-order valence-corrected chi connectivity index (χ4v) is 3.09. The number of nitrogens with one attached hydrogen (secondary N) is 1. The van der Waals surface area contributed by atoms with Crippen molar-refractivity contribution in [3.05, 3.63) is 20.8 Å². The number of halogens is 1. The molecule has 1 rings (SSSR count). The zero-order valence-electron chi connectivity index (χ0n) is 10.2. The van der Waals surface area contributed by atoms with E-state index in [0.717, 1.165) is 10.2 Å². The van der Waals surface area contributed by atoms with Crippen LogP contribution in [0.4, 0.5) is 0 Å². The minimum atomic E-state index is -0.0786. The third kappa shape index (κ3) is 4.77. The van der Waals surface area contributed by atoms with Gasteiger partial charge in [-0.05, 0) is 40.4 Å². The second-order valence-corrected chi connectivity index (χ2v) is 6.88. The zero-order chi connectivity index (χ0) is 12.8. The molecule has 17 heavy (non-hydrogen) atoms. The van der Waals surface area contributed by atoms with Crippen LogP contribution in [0.3, 0.4) is 0 Å². The lowest BCUT2D eigenvalue weighted by Gasteiger charge is -2.17. The van der Waals surface area contributed by atoms with Crippen molar-refractivity contribution >= 4 is 33.2 Å². The maximum Gasteiger partial charge on any atom is 0.224 e. The van der Waals surface area contributed by atoms with E-state index in [-0.39, 0.29) is 17.7 Å². The smallest absolute Gasteiger partial charge is 0.224 e. The molecule has 1 heterocycles. The van der Waals surface area contributed by atoms with Crippen molar-refractivity contribution in [2.75, 3.05) is 13.1 Å². The summed E-state index contributed by atoms with van der Waals surface area (Å²) in [5.74, 6) is 0.277. The van der Waals surface area contributed by atoms with Gasteiger partial charge in [-0.25, -0.2) is 0 Å². The number of hydrogen-bond acceptors (Lipinski definition) is 3. The van der Waals surface area contributed by atoms with E-state index >= 15 is 0 Å². The number of amides is 1. The predicted octanol–water partition coefficient (Wildman–Crippen LogP) is 2.40. The fraction of sp³-hybridized carbons (Fsp3) is 0.583. The molecule has 1 unspecified atom stereocenters. The largest absolute Gasteiger partial charge is 0.355 e. The average Bonchev–Trinajstić information content (AvgIpc) is 2.64. The number of rotatable bonds is 6. The van der Waals surface area contributed by atoms with Crippen molar-refractivity contribution in [1.82, 2.24) is 5.32 Å². The molecule has 1 aromatic rings. The molecule has 0 saturated heterocycles. The molecule has 3 N–H and O–H groups in total. The van der Waals surface area contributed by atoms with Gasteiger partial charge in [0, 0.05) is 18.0 Å². The second-order valence-electron chi connectivity index (χ2n) is 4.33. The van der Waals surface area contributed by atoms with E-state index in [2.05, 4.69) is 27.3 Å². The Hall–Kier alpha value is -0.390. The summed E-state index contributed by atoms with van der Waals surface area (Å²) in [6.07, 6.45) is 0.872. The van der Waals surface area contributed by atoms with Crippen LogP contribution in [0, 0.1) is 11.8 Å². The molecule has 0 aliphatic heterocycles. The van der Waals surface area contributed by atoms with Crippen LogP contribution in [-0.4, -0.2) is 19.0 Å². The Morgan fingerprint density at radius 2 is 2.24 bits per heavy atom. The number of carbonyl (C=O) groups is 1. The first-order chi connectivity index (χ1) is 8.04. The Labute approximate surface area is 115 Å². The van der Waals surface area contributed by atoms with Crippen molar-refractivity contribution < 1.29 is 4.79 Å². The van der Waals surface area contributed by atoms with Gasteiger partial charge in [-0.15, -0.1) is 11.3 Å². The normalized spacial score (nSPS) is 12.8. The molecule has 0 saturated carbocycles. The molecule has 3 nitrogen and oxygen atoms in total. The van der Waals surface area contributed by atoms with Gasteiger partial charge in [0.25, 0.3) is 0 Å². The van der Waals surface area contributed by atoms with Gasteiger partial charge < -0.3 is 11.1 Å². The third-order valence-electron chi connectivity index (χ3n) is 2.69. The van der Waals surface area contributed by atoms with Crippen LogP contribution in [0.15, 0.2) is 15.9 Å². The van der Waals surface area contributed by atoms with Gasteiger partial charge in [0.2, 0.25) is 5.91 Å². The van der Waals surface area contributed by atoms with Crippen molar-refractivity contribution in [3.63, 3.8) is 0 Å². The Bertz CT molecular complexity index is 365. The van der Waals surface area contributed by atoms with Crippen LogP contribution in [0.25, 0.3) is 0 Å². The minimum Gasteiger partial charge on any atom is -0.355 e. The molecule has 0 radical (unpaired) electrons. The Morgan fingerprint density at radius 3 is 2.71 bits per heavy atom. The first-order valence-corrected chi connectivity index (χ1v) is 7.37. The molecule has 0 fully saturated rings. The topological polar surface area (TPSA) is 55.1 Å². The van der Waals surface area contributed by atoms with E-state index in [1.807, 2.05) is 19.9 Å². The molecular formula is C12H19BrN2OS. The SMILES string of the molecule is CC(C)C(CN)C(=O)NCCc1ccc(Br)s1. The highest BCUT2D eigenvalue weighted by molar-refractivity contribution is 9.11. The van der Waals surface area contributed by atoms with Crippen molar-refractivity contribution in [3.8, 4) is 0 Å². The zero-order valence-corrected chi connectivity index (χ0v) is 12.6. The van der Waals surface area contributed by atoms with E-state index < -0.39 is 0 Å². The Balaban J connectivity index is 2.33. The summed E-state index contributed by atoms with van der Waals surface area (Å²) in [5.41, 5.74) is 5.60. The van der Waals surface area contributed by atoms with Crippen LogP contribution >= 0.6 is 27.3 Å². The maximum absolute atomic E-state index is 11.8. The highest BCUT2D eigenvalue weighted by Crippen LogP contribution is 2.22. The van der Waals surface area contributed by atoms with Gasteiger partial charge in [-0.3, -0.25) is 4.79 Å². The molecule has 0 aliphatic rings. The van der Waals surface area contributed by atoms with E-state index in [4.69, 9.17) is 5.73 Å². The van der Waals surface area contributed by atoms with Gasteiger partial charge in [-0.2, -0.15) is 0 Å². The van der Waals surface area contributed by atoms with Gasteiger partial charge in [0.05, 0.1) is 9.70 Å². The van der Waals surface area contributed by atoms with Crippen molar-refractivity contribution in [2.24, 2.45) is 17.6 Å². The quantitative estimate of drug-likeness (QED) is 0.846. The highest BCUT2D eigenvalue weighted by atomic mass is 79.9. The lowest BCUT2D eigenvalue weighted by Crippen LogP contribution is -2.38. The predicted molar refractivity (Wildman–Crippen MR) is 76.1 cm³/mol. The van der Waals surface area contributed by atoms with Crippen LogP contribution in [0.1, 0.15) is 18.7 Å². The maximum atomic E-state index is 11.8. The molecule has 0 aromatic carbocycles. The van der Waals surface area contributed by atoms with Gasteiger partial charge in [-0.1, -0.05) is 13.8 Å². The summed E-state index contributed by atoms with van der Waals surface area (Å²) >= 11 is 5.12. The molecule has 0 spiro atoms. The monoisotopic (exact) mass is 318 g/mol. The Morgan fingerprint density at radius 1 is 1.53 bits per heavy atom. The first-order valence-electron chi connectivity index (χ1n) is 5.76. The number of thiophene rings is 1. The molecule has 1 amide bonds. The van der Waals surface area contributed by atoms with E-state index in [9.17, 15) is 4.79 Å². The molecule has 96 valence electrons. The molecule has 0 bridgehead atoms. The molecule has 0 aliphatic carbocycles. The van der Waals surface area contributed by atoms with Crippen molar-refractivity contribution in [1.29, 1.82) is 0 Å². The summed E-state index contributed by atoms with van der Waals surface area (Å²) in [6, 6.07) is 4.10. The van der Waals surface area contributed by atoms with Gasteiger partial charge >= 0.3 is 0 Å². The van der Waals surface area contributed by atoms with Crippen molar-refractivity contribution in [2.45, 2.75) is 20.3 Å². The third-order valence-corrected chi connectivity index (χ3v) is 4.38. The molecular weight excluding hydrogens is 300 g/mol. The summed E-state index contributed by atoms with van der Waals surface area (Å²) < 4.78 is 1.13. The molecule has 5 heteroatoms. The highest BCUT2D eigenvalue weighted by Gasteiger charge is 2.19. The van der Waals surface area contributed by atoms with Gasteiger partial charge in [0.1, 0.15) is 0 Å². The summed E-state index contributed by atoms with van der Waals surface area (Å²) in [6.45, 7) is 5.13. The Kier molecular flexibility index (Phi) is 6.16. The number of nitrogens with two attached hydrogens (primary N) is 1. The number of hydrogen-bond donors (Lipinski definition) is 2. The lowest BCUT2D eigenvalue weighted by atomic mass is 9.95. The fourth-order valence-electron chi connectivity index (χ4n) is 1.61. The second kappa shape index (κ2) is 7.13. The summed E-state index contributed by atoms with van der Waals surface area (Å²) in [7, 11) is 0. The van der Waals surface area contributed by atoms with E-state index in [1.165, 1.54) is 4.88 Å². The number of carbonyl (C=O) groups excluding carboxylic acids is 1. The molecule has 1 atom stereocenters. The first kappa shape index (κ1) is 14.7. The summed E-state index contributed by atoms with van der Waals surface area (Å²) in [5, 5.41) is 2.95. The van der Waals surface area contributed by atoms with Crippen LogP contribution in [-0.2, 0) is 11.2 Å². The molecule has 1 aromatic heterocycles. The van der Waals surface area contributed by atoms with E-state index in [0.29, 0.717) is 13.1 Å². The van der Waals surface area contributed by atoms with Crippen LogP contribution < -0.4 is 11.1 Å². The standard InChI is InChI=1S/C12H19BrN2OS/c1-8(2)10(7-14)12(16)15-6-5-9-3-4-11(13)17-9/h3-4,8,10H,5-7,14H2,1-2H3,(H,15,16). The lowest BCUT2D eigenvalue weighted by molar-refractivity contribution is -0.125. The van der Waals surface area contributed by atoms with Gasteiger partial charge in [0.15, 0.2) is 0 Å². The summed E-state index contributed by atoms with van der Waals surface area (Å²) in [4.78, 5) is 13.1. The van der Waals surface area contributed by atoms with Crippen LogP contribution in [0.2, 0.25) is 0 Å². The van der Waals surface area contributed by atoms with Crippen LogP contribution in [0.5, 0.6) is 0 Å². The average molecular weight is 319 g/mol.